The third-order valence-electron chi connectivity index (χ3n) is 2.25. The van der Waals surface area contributed by atoms with Gasteiger partial charge in [0.15, 0.2) is 0 Å². The van der Waals surface area contributed by atoms with Crippen LogP contribution in [0.3, 0.4) is 0 Å². The minimum atomic E-state index is -0.227. The van der Waals surface area contributed by atoms with E-state index in [0.29, 0.717) is 17.1 Å². The van der Waals surface area contributed by atoms with Gasteiger partial charge in [0.1, 0.15) is 5.01 Å². The average Bonchev–Trinajstić information content (AvgIpc) is 2.76. The van der Waals surface area contributed by atoms with Gasteiger partial charge in [0.25, 0.3) is 5.91 Å². The van der Waals surface area contributed by atoms with E-state index < -0.39 is 0 Å². The molecule has 6 heteroatoms. The predicted molar refractivity (Wildman–Crippen MR) is 68.4 cm³/mol. The van der Waals surface area contributed by atoms with E-state index in [9.17, 15) is 4.79 Å². The van der Waals surface area contributed by atoms with Crippen molar-refractivity contribution in [1.82, 2.24) is 10.2 Å². The summed E-state index contributed by atoms with van der Waals surface area (Å²) in [6, 6.07) is 8.97. The lowest BCUT2D eigenvalue weighted by molar-refractivity contribution is 0.102. The summed E-state index contributed by atoms with van der Waals surface area (Å²) in [6.45, 7) is 1.82. The molecule has 0 aliphatic carbocycles. The third-order valence-corrected chi connectivity index (χ3v) is 3.00. The molecule has 5 nitrogen and oxygen atoms in total. The number of nitriles is 1. The second kappa shape index (κ2) is 5.38. The molecule has 0 atom stereocenters. The summed E-state index contributed by atoms with van der Waals surface area (Å²) in [4.78, 5) is 11.9. The highest BCUT2D eigenvalue weighted by Gasteiger charge is 2.08. The minimum absolute atomic E-state index is 0.227. The number of nitrogens with zero attached hydrogens (tertiary/aromatic N) is 3. The van der Waals surface area contributed by atoms with Gasteiger partial charge in [0.2, 0.25) is 5.13 Å². The first kappa shape index (κ1) is 12.2. The Balaban J connectivity index is 2.07. The van der Waals surface area contributed by atoms with Crippen LogP contribution in [0.2, 0.25) is 0 Å². The molecular formula is C12H10N4OS. The van der Waals surface area contributed by atoms with Crippen molar-refractivity contribution >= 4 is 22.4 Å². The van der Waals surface area contributed by atoms with E-state index in [-0.39, 0.29) is 5.91 Å². The number of carbonyl (C=O) groups excluding carboxylic acids is 1. The first-order chi connectivity index (χ1) is 8.69. The van der Waals surface area contributed by atoms with Gasteiger partial charge in [-0.1, -0.05) is 23.5 Å². The van der Waals surface area contributed by atoms with Gasteiger partial charge in [0, 0.05) is 5.56 Å². The van der Waals surface area contributed by atoms with Crippen LogP contribution >= 0.6 is 11.3 Å². The smallest absolute Gasteiger partial charge is 0.257 e. The van der Waals surface area contributed by atoms with E-state index >= 15 is 0 Å². The maximum atomic E-state index is 11.9. The number of rotatable bonds is 3. The maximum Gasteiger partial charge on any atom is 0.257 e. The molecular weight excluding hydrogens is 248 g/mol. The molecule has 0 aliphatic rings. The molecule has 2 aromatic rings. The van der Waals surface area contributed by atoms with E-state index in [0.717, 1.165) is 10.6 Å². The first-order valence-corrected chi connectivity index (χ1v) is 6.08. The standard InChI is InChI=1S/C12H10N4OS/c1-8-15-16-12(18-8)14-11(17)10-4-2-9(3-5-10)6-7-13/h2-5H,6H2,1H3,(H,14,16,17). The van der Waals surface area contributed by atoms with Crippen LogP contribution < -0.4 is 5.32 Å². The Morgan fingerprint density at radius 3 is 2.67 bits per heavy atom. The Hall–Kier alpha value is -2.26. The molecule has 18 heavy (non-hydrogen) atoms. The average molecular weight is 258 g/mol. The van der Waals surface area contributed by atoms with Crippen molar-refractivity contribution in [2.45, 2.75) is 13.3 Å². The van der Waals surface area contributed by atoms with Crippen LogP contribution in [0.5, 0.6) is 0 Å². The molecule has 1 heterocycles. The van der Waals surface area contributed by atoms with Crippen LogP contribution in [-0.2, 0) is 6.42 Å². The highest BCUT2D eigenvalue weighted by atomic mass is 32.1. The Morgan fingerprint density at radius 1 is 1.39 bits per heavy atom. The number of nitrogens with one attached hydrogen (secondary N) is 1. The fourth-order valence-electron chi connectivity index (χ4n) is 1.38. The van der Waals surface area contributed by atoms with Gasteiger partial charge in [-0.15, -0.1) is 10.2 Å². The van der Waals surface area contributed by atoms with Crippen molar-refractivity contribution in [1.29, 1.82) is 5.26 Å². The predicted octanol–water partition coefficient (Wildman–Crippen LogP) is 2.16. The minimum Gasteiger partial charge on any atom is -0.296 e. The van der Waals surface area contributed by atoms with E-state index in [1.807, 2.05) is 6.92 Å². The summed E-state index contributed by atoms with van der Waals surface area (Å²) in [7, 11) is 0. The van der Waals surface area contributed by atoms with Crippen molar-refractivity contribution in [3.63, 3.8) is 0 Å². The fraction of sp³-hybridized carbons (Fsp3) is 0.167. The number of aromatic nitrogens is 2. The number of benzene rings is 1. The molecule has 0 bridgehead atoms. The van der Waals surface area contributed by atoms with Crippen LogP contribution in [0.25, 0.3) is 0 Å². The first-order valence-electron chi connectivity index (χ1n) is 5.26. The number of aryl methyl sites for hydroxylation is 1. The van der Waals surface area contributed by atoms with Gasteiger partial charge in [-0.2, -0.15) is 5.26 Å². The van der Waals surface area contributed by atoms with Crippen LogP contribution in [0.15, 0.2) is 24.3 Å². The van der Waals surface area contributed by atoms with Crippen molar-refractivity contribution in [3.05, 3.63) is 40.4 Å². The molecule has 1 aromatic carbocycles. The van der Waals surface area contributed by atoms with E-state index in [2.05, 4.69) is 21.6 Å². The van der Waals surface area contributed by atoms with Crippen molar-refractivity contribution in [3.8, 4) is 6.07 Å². The van der Waals surface area contributed by atoms with Crippen LogP contribution in [-0.4, -0.2) is 16.1 Å². The molecule has 90 valence electrons. The van der Waals surface area contributed by atoms with E-state index in [1.165, 1.54) is 11.3 Å². The molecule has 0 radical (unpaired) electrons. The zero-order valence-electron chi connectivity index (χ0n) is 9.67. The van der Waals surface area contributed by atoms with Crippen LogP contribution in [0.1, 0.15) is 20.9 Å². The summed E-state index contributed by atoms with van der Waals surface area (Å²) in [5.74, 6) is -0.227. The topological polar surface area (TPSA) is 78.7 Å². The third kappa shape index (κ3) is 2.90. The number of hydrogen-bond acceptors (Lipinski definition) is 5. The second-order valence-corrected chi connectivity index (χ2v) is 4.79. The summed E-state index contributed by atoms with van der Waals surface area (Å²) in [6.07, 6.45) is 0.345. The molecule has 1 aromatic heterocycles. The summed E-state index contributed by atoms with van der Waals surface area (Å²) in [5, 5.41) is 20.2. The van der Waals surface area contributed by atoms with Crippen molar-refractivity contribution in [2.24, 2.45) is 0 Å². The number of carbonyl (C=O) groups is 1. The van der Waals surface area contributed by atoms with Gasteiger partial charge in [0.05, 0.1) is 12.5 Å². The quantitative estimate of drug-likeness (QED) is 0.915. The SMILES string of the molecule is Cc1nnc(NC(=O)c2ccc(CC#N)cc2)s1. The van der Waals surface area contributed by atoms with Gasteiger partial charge in [-0.3, -0.25) is 10.1 Å². The van der Waals surface area contributed by atoms with Gasteiger partial charge in [-0.25, -0.2) is 0 Å². The lowest BCUT2D eigenvalue weighted by atomic mass is 10.1. The van der Waals surface area contributed by atoms with Crippen LogP contribution in [0.4, 0.5) is 5.13 Å². The maximum absolute atomic E-state index is 11.9. The summed E-state index contributed by atoms with van der Waals surface area (Å²) < 4.78 is 0. The zero-order valence-corrected chi connectivity index (χ0v) is 10.5. The Labute approximate surface area is 108 Å². The molecule has 0 unspecified atom stereocenters. The molecule has 0 saturated heterocycles. The number of amides is 1. The number of anilines is 1. The Kier molecular flexibility index (Phi) is 3.65. The molecule has 0 aliphatic heterocycles. The molecule has 0 fully saturated rings. The lowest BCUT2D eigenvalue weighted by Crippen LogP contribution is -2.11. The molecule has 0 saturated carbocycles. The molecule has 1 N–H and O–H groups in total. The fourth-order valence-corrected chi connectivity index (χ4v) is 1.97. The van der Waals surface area contributed by atoms with Crippen LogP contribution in [0, 0.1) is 18.3 Å². The largest absolute Gasteiger partial charge is 0.296 e. The van der Waals surface area contributed by atoms with Crippen molar-refractivity contribution < 1.29 is 4.79 Å². The Morgan fingerprint density at radius 2 is 2.11 bits per heavy atom. The molecule has 1 amide bonds. The monoisotopic (exact) mass is 258 g/mol. The number of hydrogen-bond donors (Lipinski definition) is 1. The highest BCUT2D eigenvalue weighted by molar-refractivity contribution is 7.15. The van der Waals surface area contributed by atoms with Gasteiger partial charge >= 0.3 is 0 Å². The zero-order chi connectivity index (χ0) is 13.0. The summed E-state index contributed by atoms with van der Waals surface area (Å²) in [5.41, 5.74) is 1.42. The highest BCUT2D eigenvalue weighted by Crippen LogP contribution is 2.15. The molecule has 2 rings (SSSR count). The van der Waals surface area contributed by atoms with Gasteiger partial charge < -0.3 is 0 Å². The second-order valence-electron chi connectivity index (χ2n) is 3.61. The van der Waals surface area contributed by atoms with E-state index in [1.54, 1.807) is 24.3 Å². The normalized spacial score (nSPS) is 9.78. The Bertz CT molecular complexity index is 597. The van der Waals surface area contributed by atoms with E-state index in [4.69, 9.17) is 5.26 Å². The van der Waals surface area contributed by atoms with Gasteiger partial charge in [-0.05, 0) is 24.6 Å². The summed E-state index contributed by atoms with van der Waals surface area (Å²) >= 11 is 1.32. The molecule has 0 spiro atoms. The lowest BCUT2D eigenvalue weighted by Gasteiger charge is -2.01. The van der Waals surface area contributed by atoms with Crippen molar-refractivity contribution in [2.75, 3.05) is 5.32 Å².